The zero-order valence-corrected chi connectivity index (χ0v) is 25.1. The summed E-state index contributed by atoms with van der Waals surface area (Å²) in [6.45, 7) is 5.45. The van der Waals surface area contributed by atoms with E-state index in [9.17, 15) is 4.79 Å². The number of amides is 1. The summed E-state index contributed by atoms with van der Waals surface area (Å²) in [6, 6.07) is 0. The fourth-order valence-corrected chi connectivity index (χ4v) is 4.99. The monoisotopic (exact) mass is 506 g/mol. The van der Waals surface area contributed by atoms with Crippen LogP contribution in [0.25, 0.3) is 0 Å². The molecule has 0 aromatic heterocycles. The summed E-state index contributed by atoms with van der Waals surface area (Å²) in [6.07, 6.45) is 41.8. The molecule has 0 fully saturated rings. The number of nitrogens with one attached hydrogen (secondary N) is 1. The Morgan fingerprint density at radius 3 is 1.19 bits per heavy atom. The second kappa shape index (κ2) is 32.2. The lowest BCUT2D eigenvalue weighted by Crippen LogP contribution is -2.23. The van der Waals surface area contributed by atoms with Crippen molar-refractivity contribution in [3.8, 4) is 0 Å². The van der Waals surface area contributed by atoms with Gasteiger partial charge in [0, 0.05) is 13.0 Å². The summed E-state index contributed by atoms with van der Waals surface area (Å²) >= 11 is 0. The van der Waals surface area contributed by atoms with Crippen LogP contribution in [0.4, 0.5) is 0 Å². The zero-order valence-electron chi connectivity index (χ0n) is 25.1. The second-order valence-corrected chi connectivity index (χ2v) is 11.3. The molecule has 0 aromatic carbocycles. The van der Waals surface area contributed by atoms with Crippen LogP contribution in [0.1, 0.15) is 194 Å². The minimum Gasteiger partial charge on any atom is -0.356 e. The Balaban J connectivity index is 3.19. The molecule has 0 aromatic rings. The summed E-state index contributed by atoms with van der Waals surface area (Å²) in [7, 11) is 0. The van der Waals surface area contributed by atoms with E-state index in [-0.39, 0.29) is 5.91 Å². The maximum absolute atomic E-state index is 12.0. The van der Waals surface area contributed by atoms with Gasteiger partial charge in [-0.25, -0.2) is 0 Å². The Morgan fingerprint density at radius 1 is 0.444 bits per heavy atom. The van der Waals surface area contributed by atoms with Crippen LogP contribution in [0.2, 0.25) is 0 Å². The molecule has 0 saturated carbocycles. The molecule has 0 saturated heterocycles. The number of allylic oxidation sites excluding steroid dienone is 2. The van der Waals surface area contributed by atoms with Crippen molar-refractivity contribution in [2.75, 3.05) is 6.54 Å². The molecular weight excluding hydrogens is 438 g/mol. The Kier molecular flexibility index (Phi) is 31.5. The molecule has 0 spiro atoms. The van der Waals surface area contributed by atoms with Crippen LogP contribution in [0.3, 0.4) is 0 Å². The van der Waals surface area contributed by atoms with E-state index in [0.29, 0.717) is 0 Å². The van der Waals surface area contributed by atoms with Gasteiger partial charge in [-0.2, -0.15) is 0 Å². The molecule has 0 atom stereocenters. The van der Waals surface area contributed by atoms with Gasteiger partial charge in [-0.3, -0.25) is 4.79 Å². The molecule has 0 radical (unpaired) electrons. The van der Waals surface area contributed by atoms with E-state index >= 15 is 0 Å². The molecule has 2 heteroatoms. The lowest BCUT2D eigenvalue weighted by molar-refractivity contribution is -0.121. The van der Waals surface area contributed by atoms with Crippen LogP contribution in [0.15, 0.2) is 12.2 Å². The third-order valence-corrected chi connectivity index (χ3v) is 7.52. The number of carbonyl (C=O) groups is 1. The highest BCUT2D eigenvalue weighted by Gasteiger charge is 2.00. The highest BCUT2D eigenvalue weighted by Crippen LogP contribution is 2.13. The lowest BCUT2D eigenvalue weighted by atomic mass is 10.0. The van der Waals surface area contributed by atoms with Gasteiger partial charge in [0.1, 0.15) is 0 Å². The van der Waals surface area contributed by atoms with Crippen molar-refractivity contribution in [1.82, 2.24) is 5.32 Å². The van der Waals surface area contributed by atoms with E-state index in [1.54, 1.807) is 0 Å². The quantitative estimate of drug-likeness (QED) is 0.0763. The molecule has 0 rings (SSSR count). The van der Waals surface area contributed by atoms with E-state index < -0.39 is 0 Å². The molecule has 1 N–H and O–H groups in total. The highest BCUT2D eigenvalue weighted by molar-refractivity contribution is 5.75. The molecular formula is C34H67NO. The normalized spacial score (nSPS) is 11.5. The minimum absolute atomic E-state index is 0.266. The number of carbonyl (C=O) groups excluding carboxylic acids is 1. The van der Waals surface area contributed by atoms with Crippen molar-refractivity contribution in [3.63, 3.8) is 0 Å². The molecule has 0 heterocycles. The fourth-order valence-electron chi connectivity index (χ4n) is 4.99. The predicted molar refractivity (Wildman–Crippen MR) is 163 cm³/mol. The first-order valence-corrected chi connectivity index (χ1v) is 16.7. The van der Waals surface area contributed by atoms with Gasteiger partial charge in [-0.1, -0.05) is 161 Å². The Morgan fingerprint density at radius 2 is 0.778 bits per heavy atom. The molecule has 36 heavy (non-hydrogen) atoms. The minimum atomic E-state index is 0.266. The van der Waals surface area contributed by atoms with Crippen LogP contribution in [-0.2, 0) is 4.79 Å². The summed E-state index contributed by atoms with van der Waals surface area (Å²) in [5.74, 6) is 0.266. The van der Waals surface area contributed by atoms with E-state index in [2.05, 4.69) is 31.3 Å². The molecule has 0 unspecified atom stereocenters. The molecule has 0 aliphatic rings. The van der Waals surface area contributed by atoms with Gasteiger partial charge in [0.2, 0.25) is 5.91 Å². The highest BCUT2D eigenvalue weighted by atomic mass is 16.1. The van der Waals surface area contributed by atoms with Gasteiger partial charge in [-0.15, -0.1) is 0 Å². The molecule has 2 nitrogen and oxygen atoms in total. The van der Waals surface area contributed by atoms with E-state index in [1.165, 1.54) is 161 Å². The van der Waals surface area contributed by atoms with Crippen molar-refractivity contribution < 1.29 is 4.79 Å². The smallest absolute Gasteiger partial charge is 0.219 e. The fraction of sp³-hybridized carbons (Fsp3) is 0.912. The average molecular weight is 506 g/mol. The van der Waals surface area contributed by atoms with Gasteiger partial charge in [0.25, 0.3) is 0 Å². The maximum Gasteiger partial charge on any atom is 0.219 e. The first-order valence-electron chi connectivity index (χ1n) is 16.7. The van der Waals surface area contributed by atoms with Crippen LogP contribution >= 0.6 is 0 Å². The first-order chi connectivity index (χ1) is 17.8. The van der Waals surface area contributed by atoms with Crippen LogP contribution in [-0.4, -0.2) is 12.5 Å². The van der Waals surface area contributed by atoms with Crippen molar-refractivity contribution >= 4 is 5.91 Å². The van der Waals surface area contributed by atoms with E-state index in [0.717, 1.165) is 25.8 Å². The Bertz CT molecular complexity index is 444. The van der Waals surface area contributed by atoms with Crippen molar-refractivity contribution in [2.24, 2.45) is 0 Å². The van der Waals surface area contributed by atoms with Crippen LogP contribution < -0.4 is 5.32 Å². The molecule has 1 amide bonds. The lowest BCUT2D eigenvalue weighted by Gasteiger charge is -2.06. The van der Waals surface area contributed by atoms with Crippen LogP contribution in [0.5, 0.6) is 0 Å². The molecule has 0 bridgehead atoms. The Labute approximate surface area is 228 Å². The summed E-state index contributed by atoms with van der Waals surface area (Å²) < 4.78 is 0. The number of hydrogen-bond acceptors (Lipinski definition) is 1. The van der Waals surface area contributed by atoms with Gasteiger partial charge < -0.3 is 5.32 Å². The van der Waals surface area contributed by atoms with E-state index in [4.69, 9.17) is 0 Å². The number of rotatable bonds is 30. The van der Waals surface area contributed by atoms with E-state index in [1.807, 2.05) is 0 Å². The van der Waals surface area contributed by atoms with Gasteiger partial charge in [0.15, 0.2) is 0 Å². The molecule has 214 valence electrons. The van der Waals surface area contributed by atoms with Gasteiger partial charge >= 0.3 is 0 Å². The topological polar surface area (TPSA) is 29.1 Å². The average Bonchev–Trinajstić information content (AvgIpc) is 2.88. The Hall–Kier alpha value is -0.790. The predicted octanol–water partition coefficient (Wildman–Crippen LogP) is 11.6. The van der Waals surface area contributed by atoms with Crippen molar-refractivity contribution in [1.29, 1.82) is 0 Å². The molecule has 0 aliphatic carbocycles. The summed E-state index contributed by atoms with van der Waals surface area (Å²) in [4.78, 5) is 12.0. The second-order valence-electron chi connectivity index (χ2n) is 11.3. The largest absolute Gasteiger partial charge is 0.356 e. The number of hydrogen-bond donors (Lipinski definition) is 1. The van der Waals surface area contributed by atoms with Crippen molar-refractivity contribution in [3.05, 3.63) is 12.2 Å². The maximum atomic E-state index is 12.0. The van der Waals surface area contributed by atoms with Crippen molar-refractivity contribution in [2.45, 2.75) is 194 Å². The number of unbranched alkanes of at least 4 members (excludes halogenated alkanes) is 24. The van der Waals surface area contributed by atoms with Crippen LogP contribution in [0, 0.1) is 0 Å². The zero-order chi connectivity index (χ0) is 26.2. The van der Waals surface area contributed by atoms with Gasteiger partial charge in [0.05, 0.1) is 0 Å². The standard InChI is InChI=1S/C34H67NO/c1-3-5-7-9-11-13-15-17-19-20-22-24-26-28-30-32-34(36)35-33-31-29-27-25-23-21-18-16-14-12-10-8-6-4-2/h17,19H,3-16,18,20-33H2,1-2H3,(H,35,36). The molecule has 0 aliphatic heterocycles. The van der Waals surface area contributed by atoms with Gasteiger partial charge in [-0.05, 0) is 38.5 Å². The first kappa shape index (κ1) is 35.2. The summed E-state index contributed by atoms with van der Waals surface area (Å²) in [5, 5.41) is 3.13. The summed E-state index contributed by atoms with van der Waals surface area (Å²) in [5.41, 5.74) is 0. The SMILES string of the molecule is CCCCCCCCC=CCCCCCCCC(=O)NCCCCCCCCCCCCCCCC. The third kappa shape index (κ3) is 31.2. The third-order valence-electron chi connectivity index (χ3n) is 7.52.